The predicted octanol–water partition coefficient (Wildman–Crippen LogP) is 1.82. The Morgan fingerprint density at radius 1 is 1.21 bits per heavy atom. The average molecular weight is 443 g/mol. The number of carbonyl (C=O) groups is 1. The Labute approximate surface area is 179 Å². The van der Waals surface area contributed by atoms with Gasteiger partial charge in [0.1, 0.15) is 4.21 Å². The molecule has 0 saturated carbocycles. The van der Waals surface area contributed by atoms with Crippen LogP contribution >= 0.6 is 11.3 Å². The quantitative estimate of drug-likeness (QED) is 0.665. The summed E-state index contributed by atoms with van der Waals surface area (Å²) in [6.07, 6.45) is 3.78. The maximum atomic E-state index is 13.2. The van der Waals surface area contributed by atoms with Crippen molar-refractivity contribution in [3.05, 3.63) is 17.5 Å². The van der Waals surface area contributed by atoms with Crippen LogP contribution in [0.2, 0.25) is 0 Å². The van der Waals surface area contributed by atoms with Crippen LogP contribution in [-0.2, 0) is 14.8 Å². The van der Waals surface area contributed by atoms with Gasteiger partial charge in [0.05, 0.1) is 0 Å². The second-order valence-corrected chi connectivity index (χ2v) is 11.2. The largest absolute Gasteiger partial charge is 0.340 e. The minimum Gasteiger partial charge on any atom is -0.340 e. The number of amides is 1. The smallest absolute Gasteiger partial charge is 0.252 e. The fraction of sp³-hybridized carbons (Fsp3) is 0.750. The number of piperazine rings is 1. The van der Waals surface area contributed by atoms with Gasteiger partial charge in [0, 0.05) is 64.3 Å². The molecule has 2 aliphatic heterocycles. The van der Waals surface area contributed by atoms with E-state index in [1.165, 1.54) is 22.1 Å². The lowest BCUT2D eigenvalue weighted by Crippen LogP contribution is -2.49. The molecule has 1 N–H and O–H groups in total. The normalized spacial score (nSPS) is 24.2. The standard InChI is InChI=1S/C20H34N4O3S2/c1-17-5-3-6-18(2)24(17)15-14-23(29(26,27)20-7-4-16-28-20)11-8-19(25)22-12-9-21-10-13-22/h4,7,16-18,21H,3,5-6,8-15H2,1-2H3/t17-,18-/m1/s1. The number of carbonyl (C=O) groups excluding carboxylic acids is 1. The highest BCUT2D eigenvalue weighted by molar-refractivity contribution is 7.91. The molecule has 164 valence electrons. The number of piperidine rings is 1. The molecule has 0 spiro atoms. The monoisotopic (exact) mass is 442 g/mol. The first kappa shape index (κ1) is 22.7. The zero-order valence-electron chi connectivity index (χ0n) is 17.5. The lowest BCUT2D eigenvalue weighted by molar-refractivity contribution is -0.131. The second-order valence-electron chi connectivity index (χ2n) is 8.08. The molecule has 1 aromatic heterocycles. The van der Waals surface area contributed by atoms with Gasteiger partial charge in [-0.15, -0.1) is 11.3 Å². The number of hydrogen-bond donors (Lipinski definition) is 1. The third-order valence-electron chi connectivity index (χ3n) is 6.12. The van der Waals surface area contributed by atoms with Crippen LogP contribution < -0.4 is 5.32 Å². The summed E-state index contributed by atoms with van der Waals surface area (Å²) in [6.45, 7) is 8.79. The van der Waals surface area contributed by atoms with Gasteiger partial charge in [0.25, 0.3) is 10.0 Å². The number of rotatable bonds is 8. The van der Waals surface area contributed by atoms with Crippen molar-refractivity contribution in [1.82, 2.24) is 19.4 Å². The molecule has 0 bridgehead atoms. The summed E-state index contributed by atoms with van der Waals surface area (Å²) >= 11 is 1.24. The van der Waals surface area contributed by atoms with Crippen LogP contribution in [0.15, 0.2) is 21.7 Å². The van der Waals surface area contributed by atoms with Crippen LogP contribution in [-0.4, -0.2) is 86.3 Å². The molecule has 29 heavy (non-hydrogen) atoms. The Morgan fingerprint density at radius 2 is 1.90 bits per heavy atom. The third-order valence-corrected chi connectivity index (χ3v) is 9.39. The van der Waals surface area contributed by atoms with Gasteiger partial charge >= 0.3 is 0 Å². The predicted molar refractivity (Wildman–Crippen MR) is 117 cm³/mol. The van der Waals surface area contributed by atoms with E-state index < -0.39 is 10.0 Å². The number of sulfonamides is 1. The van der Waals surface area contributed by atoms with E-state index in [0.717, 1.165) is 25.9 Å². The van der Waals surface area contributed by atoms with E-state index in [4.69, 9.17) is 0 Å². The van der Waals surface area contributed by atoms with Crippen molar-refractivity contribution >= 4 is 27.3 Å². The lowest BCUT2D eigenvalue weighted by atomic mass is 9.98. The first-order chi connectivity index (χ1) is 13.9. The van der Waals surface area contributed by atoms with E-state index in [1.807, 2.05) is 4.90 Å². The molecule has 0 aromatic carbocycles. The molecule has 2 aliphatic rings. The van der Waals surface area contributed by atoms with Crippen molar-refractivity contribution in [2.75, 3.05) is 45.8 Å². The summed E-state index contributed by atoms with van der Waals surface area (Å²) in [6, 6.07) is 4.34. The van der Waals surface area contributed by atoms with Crippen molar-refractivity contribution in [2.45, 2.75) is 55.8 Å². The van der Waals surface area contributed by atoms with Gasteiger partial charge in [-0.1, -0.05) is 12.5 Å². The summed E-state index contributed by atoms with van der Waals surface area (Å²) in [5.74, 6) is 0.0394. The van der Waals surface area contributed by atoms with Crippen molar-refractivity contribution in [1.29, 1.82) is 0 Å². The Hall–Kier alpha value is -1.00. The SMILES string of the molecule is C[C@@H]1CCC[C@@H](C)N1CCN(CCC(=O)N1CCNCC1)S(=O)(=O)c1cccs1. The molecular weight excluding hydrogens is 408 g/mol. The molecule has 2 atom stereocenters. The molecule has 0 aliphatic carbocycles. The maximum absolute atomic E-state index is 13.2. The molecule has 0 radical (unpaired) electrons. The molecule has 1 amide bonds. The number of likely N-dealkylation sites (tertiary alicyclic amines) is 1. The van der Waals surface area contributed by atoms with Gasteiger partial charge in [-0.3, -0.25) is 9.69 Å². The van der Waals surface area contributed by atoms with Crippen molar-refractivity contribution in [3.8, 4) is 0 Å². The lowest BCUT2D eigenvalue weighted by Gasteiger charge is -2.40. The fourth-order valence-electron chi connectivity index (χ4n) is 4.32. The topological polar surface area (TPSA) is 73.0 Å². The van der Waals surface area contributed by atoms with Gasteiger partial charge < -0.3 is 10.2 Å². The van der Waals surface area contributed by atoms with E-state index in [2.05, 4.69) is 24.1 Å². The van der Waals surface area contributed by atoms with Crippen molar-refractivity contribution < 1.29 is 13.2 Å². The summed E-state index contributed by atoms with van der Waals surface area (Å²) in [7, 11) is -3.58. The Kier molecular flexibility index (Phi) is 8.09. The summed E-state index contributed by atoms with van der Waals surface area (Å²) in [5.41, 5.74) is 0. The summed E-state index contributed by atoms with van der Waals surface area (Å²) in [4.78, 5) is 16.8. The number of nitrogens with one attached hydrogen (secondary N) is 1. The first-order valence-electron chi connectivity index (χ1n) is 10.7. The summed E-state index contributed by atoms with van der Waals surface area (Å²) < 4.78 is 28.3. The van der Waals surface area contributed by atoms with Gasteiger partial charge in [-0.25, -0.2) is 8.42 Å². The van der Waals surface area contributed by atoms with Crippen LogP contribution in [0.5, 0.6) is 0 Å². The summed E-state index contributed by atoms with van der Waals surface area (Å²) in [5, 5.41) is 5.02. The Balaban J connectivity index is 1.67. The number of nitrogens with zero attached hydrogens (tertiary/aromatic N) is 3. The maximum Gasteiger partial charge on any atom is 0.252 e. The van der Waals surface area contributed by atoms with Crippen LogP contribution in [0.1, 0.15) is 39.5 Å². The molecule has 7 nitrogen and oxygen atoms in total. The fourth-order valence-corrected chi connectivity index (χ4v) is 6.90. The Morgan fingerprint density at radius 3 is 2.52 bits per heavy atom. The van der Waals surface area contributed by atoms with Gasteiger partial charge in [0.2, 0.25) is 5.91 Å². The second kappa shape index (κ2) is 10.3. The number of hydrogen-bond acceptors (Lipinski definition) is 6. The van der Waals surface area contributed by atoms with E-state index in [1.54, 1.807) is 17.5 Å². The zero-order chi connectivity index (χ0) is 20.9. The average Bonchev–Trinajstić information content (AvgIpc) is 3.26. The van der Waals surface area contributed by atoms with Crippen molar-refractivity contribution in [2.24, 2.45) is 0 Å². The molecule has 3 heterocycles. The molecule has 2 saturated heterocycles. The van der Waals surface area contributed by atoms with Gasteiger partial charge in [-0.05, 0) is 38.1 Å². The zero-order valence-corrected chi connectivity index (χ0v) is 19.2. The minimum absolute atomic E-state index is 0.0394. The van der Waals surface area contributed by atoms with E-state index in [9.17, 15) is 13.2 Å². The number of thiophene rings is 1. The van der Waals surface area contributed by atoms with Crippen molar-refractivity contribution in [3.63, 3.8) is 0 Å². The molecule has 9 heteroatoms. The van der Waals surface area contributed by atoms with Gasteiger partial charge in [-0.2, -0.15) is 4.31 Å². The molecular formula is C20H34N4O3S2. The van der Waals surface area contributed by atoms with Crippen LogP contribution in [0.4, 0.5) is 0 Å². The highest BCUT2D eigenvalue weighted by atomic mass is 32.2. The Bertz CT molecular complexity index is 738. The van der Waals surface area contributed by atoms with E-state index in [-0.39, 0.29) is 18.9 Å². The van der Waals surface area contributed by atoms with Crippen LogP contribution in [0, 0.1) is 0 Å². The molecule has 0 unspecified atom stereocenters. The molecule has 3 rings (SSSR count). The van der Waals surface area contributed by atoms with Gasteiger partial charge in [0.15, 0.2) is 0 Å². The van der Waals surface area contributed by atoms with E-state index >= 15 is 0 Å². The highest BCUT2D eigenvalue weighted by Gasteiger charge is 2.30. The highest BCUT2D eigenvalue weighted by Crippen LogP contribution is 2.24. The molecule has 1 aromatic rings. The van der Waals surface area contributed by atoms with Crippen LogP contribution in [0.25, 0.3) is 0 Å². The first-order valence-corrected chi connectivity index (χ1v) is 13.0. The molecule has 2 fully saturated rings. The third kappa shape index (κ3) is 5.79. The van der Waals surface area contributed by atoms with E-state index in [0.29, 0.717) is 42.5 Å². The van der Waals surface area contributed by atoms with Crippen LogP contribution in [0.3, 0.4) is 0 Å². The minimum atomic E-state index is -3.58.